The van der Waals surface area contributed by atoms with Crippen LogP contribution in [0.15, 0.2) is 60.8 Å². The first kappa shape index (κ1) is 16.6. The summed E-state index contributed by atoms with van der Waals surface area (Å²) in [4.78, 5) is 26.7. The van der Waals surface area contributed by atoms with Gasteiger partial charge in [0.05, 0.1) is 10.4 Å². The molecule has 0 aliphatic rings. The molecule has 0 saturated heterocycles. The molecule has 6 nitrogen and oxygen atoms in total. The third kappa shape index (κ3) is 3.81. The number of fused-ring (bicyclic) bond motifs is 1. The van der Waals surface area contributed by atoms with E-state index in [1.807, 2.05) is 30.3 Å². The second-order valence-electron chi connectivity index (χ2n) is 5.17. The highest BCUT2D eigenvalue weighted by atomic mass is 35.5. The van der Waals surface area contributed by atoms with Crippen molar-refractivity contribution in [3.05, 3.63) is 81.5 Å². The molecule has 1 aromatic heterocycles. The molecule has 0 aliphatic heterocycles. The Morgan fingerprint density at radius 3 is 2.80 bits per heavy atom. The summed E-state index contributed by atoms with van der Waals surface area (Å²) < 4.78 is 0. The van der Waals surface area contributed by atoms with Gasteiger partial charge < -0.3 is 5.32 Å². The first-order valence-corrected chi connectivity index (χ1v) is 7.69. The summed E-state index contributed by atoms with van der Waals surface area (Å²) in [6.07, 6.45) is 4.69. The molecule has 1 N–H and O–H groups in total. The second-order valence-corrected chi connectivity index (χ2v) is 5.58. The molecule has 3 rings (SSSR count). The van der Waals surface area contributed by atoms with Crippen molar-refractivity contribution in [1.82, 2.24) is 4.98 Å². The van der Waals surface area contributed by atoms with Crippen molar-refractivity contribution in [3.63, 3.8) is 0 Å². The minimum Gasteiger partial charge on any atom is -0.322 e. The molecular formula is C18H12ClN3O3. The molecule has 0 aliphatic carbocycles. The molecule has 0 bridgehead atoms. The van der Waals surface area contributed by atoms with E-state index < -0.39 is 10.8 Å². The van der Waals surface area contributed by atoms with Crippen LogP contribution < -0.4 is 5.32 Å². The Balaban J connectivity index is 1.79. The van der Waals surface area contributed by atoms with Gasteiger partial charge in [0.1, 0.15) is 5.02 Å². The van der Waals surface area contributed by atoms with Gasteiger partial charge in [-0.3, -0.25) is 19.9 Å². The number of nitro benzene ring substituents is 1. The van der Waals surface area contributed by atoms with Gasteiger partial charge in [-0.2, -0.15) is 0 Å². The van der Waals surface area contributed by atoms with Gasteiger partial charge in [-0.1, -0.05) is 35.9 Å². The first-order valence-electron chi connectivity index (χ1n) is 7.31. The number of halogens is 1. The van der Waals surface area contributed by atoms with Crippen LogP contribution in [-0.4, -0.2) is 15.8 Å². The molecule has 0 atom stereocenters. The number of rotatable bonds is 4. The van der Waals surface area contributed by atoms with Crippen LogP contribution in [-0.2, 0) is 4.79 Å². The van der Waals surface area contributed by atoms with Crippen molar-refractivity contribution in [3.8, 4) is 0 Å². The standard InChI is InChI=1S/C18H12ClN3O3/c19-15-8-7-14(11-16(15)22(24)25)21-17(23)9-6-13-4-1-3-12-5-2-10-20-18(12)13/h1-11H,(H,21,23)/b9-6+. The fourth-order valence-corrected chi connectivity index (χ4v) is 2.53. The summed E-state index contributed by atoms with van der Waals surface area (Å²) in [5.41, 5.74) is 1.62. The number of benzene rings is 2. The Hall–Kier alpha value is -3.25. The molecule has 3 aromatic rings. The van der Waals surface area contributed by atoms with Crippen molar-refractivity contribution >= 4 is 45.9 Å². The lowest BCUT2D eigenvalue weighted by molar-refractivity contribution is -0.384. The van der Waals surface area contributed by atoms with E-state index in [0.717, 1.165) is 16.5 Å². The fraction of sp³-hybridized carbons (Fsp3) is 0. The largest absolute Gasteiger partial charge is 0.322 e. The molecule has 0 fully saturated rings. The summed E-state index contributed by atoms with van der Waals surface area (Å²) in [6.45, 7) is 0. The third-order valence-electron chi connectivity index (χ3n) is 3.49. The van der Waals surface area contributed by atoms with Gasteiger partial charge in [0.2, 0.25) is 5.91 Å². The van der Waals surface area contributed by atoms with Crippen molar-refractivity contribution < 1.29 is 9.72 Å². The monoisotopic (exact) mass is 353 g/mol. The fourth-order valence-electron chi connectivity index (χ4n) is 2.34. The van der Waals surface area contributed by atoms with Crippen LogP contribution in [0.2, 0.25) is 5.02 Å². The lowest BCUT2D eigenvalue weighted by Crippen LogP contribution is -2.08. The van der Waals surface area contributed by atoms with Gasteiger partial charge in [-0.05, 0) is 24.3 Å². The highest BCUT2D eigenvalue weighted by molar-refractivity contribution is 6.32. The predicted molar refractivity (Wildman–Crippen MR) is 97.5 cm³/mol. The molecule has 0 radical (unpaired) electrons. The minimum absolute atomic E-state index is 0.0142. The van der Waals surface area contributed by atoms with E-state index in [2.05, 4.69) is 10.3 Å². The van der Waals surface area contributed by atoms with Crippen LogP contribution >= 0.6 is 11.6 Å². The summed E-state index contributed by atoms with van der Waals surface area (Å²) >= 11 is 5.75. The summed E-state index contributed by atoms with van der Waals surface area (Å²) in [5.74, 6) is -0.412. The Morgan fingerprint density at radius 2 is 2.00 bits per heavy atom. The average Bonchev–Trinajstić information content (AvgIpc) is 2.61. The smallest absolute Gasteiger partial charge is 0.289 e. The molecular weight excluding hydrogens is 342 g/mol. The summed E-state index contributed by atoms with van der Waals surface area (Å²) in [6, 6.07) is 13.5. The molecule has 7 heteroatoms. The number of carbonyl (C=O) groups is 1. The zero-order valence-electron chi connectivity index (χ0n) is 12.8. The Bertz CT molecular complexity index is 997. The average molecular weight is 354 g/mol. The van der Waals surface area contributed by atoms with Crippen molar-refractivity contribution in [2.45, 2.75) is 0 Å². The molecule has 2 aromatic carbocycles. The molecule has 1 amide bonds. The summed E-state index contributed by atoms with van der Waals surface area (Å²) in [7, 11) is 0. The van der Waals surface area contributed by atoms with E-state index in [9.17, 15) is 14.9 Å². The van der Waals surface area contributed by atoms with E-state index in [0.29, 0.717) is 5.69 Å². The normalized spacial score (nSPS) is 10.9. The topological polar surface area (TPSA) is 85.1 Å². The van der Waals surface area contributed by atoms with E-state index >= 15 is 0 Å². The van der Waals surface area contributed by atoms with Crippen LogP contribution in [0.25, 0.3) is 17.0 Å². The Labute approximate surface area is 147 Å². The highest BCUT2D eigenvalue weighted by Gasteiger charge is 2.13. The van der Waals surface area contributed by atoms with Crippen molar-refractivity contribution in [2.24, 2.45) is 0 Å². The first-order chi connectivity index (χ1) is 12.0. The minimum atomic E-state index is -0.602. The van der Waals surface area contributed by atoms with Crippen LogP contribution in [0.5, 0.6) is 0 Å². The molecule has 25 heavy (non-hydrogen) atoms. The van der Waals surface area contributed by atoms with Gasteiger partial charge in [0.15, 0.2) is 0 Å². The Morgan fingerprint density at radius 1 is 1.20 bits per heavy atom. The maximum atomic E-state index is 12.1. The zero-order valence-corrected chi connectivity index (χ0v) is 13.6. The predicted octanol–water partition coefficient (Wildman–Crippen LogP) is 4.45. The van der Waals surface area contributed by atoms with Gasteiger partial charge in [0, 0.05) is 35.0 Å². The second kappa shape index (κ2) is 7.11. The molecule has 0 spiro atoms. The Kier molecular flexibility index (Phi) is 4.72. The molecule has 1 heterocycles. The van der Waals surface area contributed by atoms with Crippen LogP contribution in [0.1, 0.15) is 5.56 Å². The van der Waals surface area contributed by atoms with Gasteiger partial charge in [-0.15, -0.1) is 0 Å². The van der Waals surface area contributed by atoms with E-state index in [-0.39, 0.29) is 10.7 Å². The number of amides is 1. The zero-order chi connectivity index (χ0) is 17.8. The number of nitro groups is 1. The number of nitrogens with zero attached hydrogens (tertiary/aromatic N) is 2. The molecule has 124 valence electrons. The van der Waals surface area contributed by atoms with E-state index in [1.165, 1.54) is 24.3 Å². The number of carbonyl (C=O) groups excluding carboxylic acids is 1. The lowest BCUT2D eigenvalue weighted by Gasteiger charge is -2.03. The van der Waals surface area contributed by atoms with Crippen LogP contribution in [0.4, 0.5) is 11.4 Å². The van der Waals surface area contributed by atoms with Gasteiger partial charge >= 0.3 is 0 Å². The van der Waals surface area contributed by atoms with Crippen LogP contribution in [0.3, 0.4) is 0 Å². The van der Waals surface area contributed by atoms with E-state index in [4.69, 9.17) is 11.6 Å². The summed E-state index contributed by atoms with van der Waals surface area (Å²) in [5, 5.41) is 14.4. The van der Waals surface area contributed by atoms with Crippen molar-refractivity contribution in [2.75, 3.05) is 5.32 Å². The van der Waals surface area contributed by atoms with Gasteiger partial charge in [-0.25, -0.2) is 0 Å². The third-order valence-corrected chi connectivity index (χ3v) is 3.81. The van der Waals surface area contributed by atoms with Gasteiger partial charge in [0.25, 0.3) is 5.69 Å². The van der Waals surface area contributed by atoms with E-state index in [1.54, 1.807) is 12.3 Å². The number of anilines is 1. The lowest BCUT2D eigenvalue weighted by atomic mass is 10.1. The number of hydrogen-bond donors (Lipinski definition) is 1. The number of aromatic nitrogens is 1. The molecule has 0 unspecified atom stereocenters. The SMILES string of the molecule is O=C(/C=C/c1cccc2cccnc12)Nc1ccc(Cl)c([N+](=O)[O-])c1. The maximum Gasteiger partial charge on any atom is 0.289 e. The number of para-hydroxylation sites is 1. The number of hydrogen-bond acceptors (Lipinski definition) is 4. The number of pyridine rings is 1. The maximum absolute atomic E-state index is 12.1. The van der Waals surface area contributed by atoms with Crippen molar-refractivity contribution in [1.29, 1.82) is 0 Å². The quantitative estimate of drug-likeness (QED) is 0.426. The highest BCUT2D eigenvalue weighted by Crippen LogP contribution is 2.27. The molecule has 0 saturated carbocycles. The van der Waals surface area contributed by atoms with Crippen LogP contribution in [0, 0.1) is 10.1 Å². The number of nitrogens with one attached hydrogen (secondary N) is 1.